The van der Waals surface area contributed by atoms with Crippen molar-refractivity contribution in [3.8, 4) is 5.75 Å². The molecule has 0 amide bonds. The van der Waals surface area contributed by atoms with Gasteiger partial charge in [-0.15, -0.1) is 5.46 Å². The van der Waals surface area contributed by atoms with Crippen LogP contribution < -0.4 is 15.0 Å². The summed E-state index contributed by atoms with van der Waals surface area (Å²) in [6.07, 6.45) is 0. The van der Waals surface area contributed by atoms with E-state index in [0.29, 0.717) is 32.2 Å². The molecule has 0 aromatic heterocycles. The van der Waals surface area contributed by atoms with E-state index in [9.17, 15) is 25.3 Å². The zero-order valence-electron chi connectivity index (χ0n) is 12.4. The van der Waals surface area contributed by atoms with Crippen LogP contribution in [0.2, 0.25) is 0 Å². The van der Waals surface area contributed by atoms with Crippen molar-refractivity contribution in [2.75, 3.05) is 26.2 Å². The second kappa shape index (κ2) is 6.66. The number of benzene rings is 1. The van der Waals surface area contributed by atoms with Gasteiger partial charge in [-0.05, 0) is 24.6 Å². The van der Waals surface area contributed by atoms with E-state index < -0.39 is 28.7 Å². The van der Waals surface area contributed by atoms with Gasteiger partial charge < -0.3 is 22.4 Å². The Hall–Kier alpha value is -1.33. The Morgan fingerprint density at radius 2 is 1.87 bits per heavy atom. The average Bonchev–Trinajstić information content (AvgIpc) is 2.40. The van der Waals surface area contributed by atoms with E-state index in [1.54, 1.807) is 0 Å². The molecule has 0 unspecified atom stereocenters. The van der Waals surface area contributed by atoms with Crippen LogP contribution in [0, 0.1) is 6.92 Å². The van der Waals surface area contributed by atoms with Crippen molar-refractivity contribution in [1.82, 2.24) is 10.2 Å². The topological polar surface area (TPSA) is 58.6 Å². The zero-order chi connectivity index (χ0) is 17.3. The monoisotopic (exact) mass is 355 g/mol. The molecular formula is C12H16BF4N2O3S-. The minimum atomic E-state index is -5.39. The van der Waals surface area contributed by atoms with Gasteiger partial charge in [0.05, 0.1) is 0 Å². The Labute approximate surface area is 132 Å². The summed E-state index contributed by atoms with van der Waals surface area (Å²) in [7, 11) is -5.39. The number of rotatable bonds is 5. The Balaban J connectivity index is 2.40. The van der Waals surface area contributed by atoms with Gasteiger partial charge in [-0.1, -0.05) is 9.45 Å². The number of hydrogen-bond acceptors (Lipinski definition) is 5. The highest BCUT2D eigenvalue weighted by Crippen LogP contribution is 2.24. The minimum Gasteiger partial charge on any atom is -0.445 e. The van der Waals surface area contributed by atoms with Crippen molar-refractivity contribution in [3.63, 3.8) is 0 Å². The second-order valence-electron chi connectivity index (χ2n) is 5.37. The predicted octanol–water partition coefficient (Wildman–Crippen LogP) is 1.05. The van der Waals surface area contributed by atoms with Crippen LogP contribution in [0.25, 0.3) is 0 Å². The van der Waals surface area contributed by atoms with Crippen LogP contribution in [0.3, 0.4) is 0 Å². The number of hydrogen-bond donors (Lipinski definition) is 1. The molecular weight excluding hydrogens is 339 g/mol. The molecule has 1 aliphatic heterocycles. The van der Waals surface area contributed by atoms with Gasteiger partial charge in [0.2, 0.25) is 0 Å². The van der Waals surface area contributed by atoms with Crippen LogP contribution in [0.1, 0.15) is 11.1 Å². The van der Waals surface area contributed by atoms with E-state index in [-0.39, 0.29) is 17.7 Å². The molecule has 1 fully saturated rings. The first kappa shape index (κ1) is 18.0. The molecule has 0 bridgehead atoms. The Morgan fingerprint density at radius 3 is 2.39 bits per heavy atom. The summed E-state index contributed by atoms with van der Waals surface area (Å²) < 4.78 is 77.3. The summed E-state index contributed by atoms with van der Waals surface area (Å²) in [4.78, 5) is 1.93. The lowest BCUT2D eigenvalue weighted by molar-refractivity contribution is 0.232. The average molecular weight is 355 g/mol. The summed E-state index contributed by atoms with van der Waals surface area (Å²) in [5.41, 5.74) is -0.710. The molecule has 0 atom stereocenters. The third kappa shape index (κ3) is 5.08. The Kier molecular flexibility index (Phi) is 5.22. The second-order valence-corrected chi connectivity index (χ2v) is 6.33. The van der Waals surface area contributed by atoms with Crippen molar-refractivity contribution in [2.45, 2.75) is 13.5 Å². The maximum atomic E-state index is 13.2. The highest BCUT2D eigenvalue weighted by molar-refractivity contribution is 7.81. The van der Waals surface area contributed by atoms with E-state index in [0.717, 1.165) is 6.07 Å². The molecule has 0 spiro atoms. The third-order valence-electron chi connectivity index (χ3n) is 3.68. The molecule has 1 aromatic rings. The Morgan fingerprint density at radius 1 is 1.26 bits per heavy atom. The van der Waals surface area contributed by atoms with Crippen molar-refractivity contribution in [3.05, 3.63) is 23.3 Å². The smallest absolute Gasteiger partial charge is 0.445 e. The van der Waals surface area contributed by atoms with E-state index >= 15 is 0 Å². The molecule has 11 heteroatoms. The number of nitrogens with one attached hydrogen (secondary N) is 1. The molecule has 1 N–H and O–H groups in total. The third-order valence-corrected chi connectivity index (χ3v) is 4.07. The van der Waals surface area contributed by atoms with E-state index in [1.165, 1.54) is 6.92 Å². The van der Waals surface area contributed by atoms with Gasteiger partial charge in [-0.2, -0.15) is 8.42 Å². The highest BCUT2D eigenvalue weighted by Gasteiger charge is 2.30. The van der Waals surface area contributed by atoms with Gasteiger partial charge in [0.25, 0.3) is 0 Å². The fourth-order valence-corrected chi connectivity index (χ4v) is 2.87. The van der Waals surface area contributed by atoms with Gasteiger partial charge in [-0.25, -0.2) is 0 Å². The molecule has 23 heavy (non-hydrogen) atoms. The van der Waals surface area contributed by atoms with Crippen molar-refractivity contribution in [2.24, 2.45) is 0 Å². The van der Waals surface area contributed by atoms with Gasteiger partial charge in [0.15, 0.2) is 0 Å². The molecule has 1 aliphatic rings. The standard InChI is InChI=1S/C12H16BF4N2O3S/c1-9-10(8-19-4-2-18-3-5-19)6-11(22-23(17,20)21)7-12(9)13(14,15)16/h6-7,18H,2-5,8H2,1H3/q-1. The fraction of sp³-hybridized carbons (Fsp3) is 0.500. The zero-order valence-corrected chi connectivity index (χ0v) is 13.2. The summed E-state index contributed by atoms with van der Waals surface area (Å²) >= 11 is 0. The minimum absolute atomic E-state index is 0.000334. The van der Waals surface area contributed by atoms with Crippen LogP contribution in [-0.4, -0.2) is 46.5 Å². The van der Waals surface area contributed by atoms with Crippen molar-refractivity contribution < 1.29 is 29.4 Å². The molecule has 1 heterocycles. The first-order chi connectivity index (χ1) is 10.6. The lowest BCUT2D eigenvalue weighted by Crippen LogP contribution is -2.43. The molecule has 1 aromatic carbocycles. The largest absolute Gasteiger partial charge is 0.510 e. The van der Waals surface area contributed by atoms with Gasteiger partial charge >= 0.3 is 17.5 Å². The summed E-state index contributed by atoms with van der Waals surface area (Å²) in [5.74, 6) is -0.669. The number of halogens is 4. The first-order valence-electron chi connectivity index (χ1n) is 6.97. The maximum absolute atomic E-state index is 13.2. The molecule has 130 valence electrons. The molecule has 0 radical (unpaired) electrons. The molecule has 1 saturated heterocycles. The van der Waals surface area contributed by atoms with E-state index in [1.807, 2.05) is 4.90 Å². The molecule has 0 saturated carbocycles. The van der Waals surface area contributed by atoms with Gasteiger partial charge in [0, 0.05) is 32.7 Å². The summed E-state index contributed by atoms with van der Waals surface area (Å²) in [6.45, 7) is -1.13. The van der Waals surface area contributed by atoms with Crippen LogP contribution >= 0.6 is 0 Å². The van der Waals surface area contributed by atoms with Gasteiger partial charge in [0.1, 0.15) is 5.75 Å². The van der Waals surface area contributed by atoms with Crippen LogP contribution in [0.4, 0.5) is 16.8 Å². The van der Waals surface area contributed by atoms with E-state index in [4.69, 9.17) is 0 Å². The predicted molar refractivity (Wildman–Crippen MR) is 78.7 cm³/mol. The van der Waals surface area contributed by atoms with Crippen molar-refractivity contribution >= 4 is 22.9 Å². The van der Waals surface area contributed by atoms with E-state index in [2.05, 4.69) is 9.50 Å². The quantitative estimate of drug-likeness (QED) is 0.486. The van der Waals surface area contributed by atoms with Crippen LogP contribution in [0.5, 0.6) is 5.75 Å². The first-order valence-corrected chi connectivity index (χ1v) is 8.27. The molecule has 2 rings (SSSR count). The van der Waals surface area contributed by atoms with Crippen LogP contribution in [-0.2, 0) is 17.0 Å². The summed E-state index contributed by atoms with van der Waals surface area (Å²) in [5, 5.41) is 3.12. The Bertz CT molecular complexity index is 676. The summed E-state index contributed by atoms with van der Waals surface area (Å²) in [6, 6.07) is 1.66. The lowest BCUT2D eigenvalue weighted by atomic mass is 9.75. The SMILES string of the molecule is Cc1c(CN2CCNCC2)cc(OS(=O)(=O)F)cc1[B-](F)(F)F. The molecule has 5 nitrogen and oxygen atoms in total. The van der Waals surface area contributed by atoms with Crippen LogP contribution in [0.15, 0.2) is 12.1 Å². The lowest BCUT2D eigenvalue weighted by Gasteiger charge is -2.29. The van der Waals surface area contributed by atoms with Crippen molar-refractivity contribution in [1.29, 1.82) is 0 Å². The highest BCUT2D eigenvalue weighted by atomic mass is 32.3. The number of piperazine rings is 1. The molecule has 0 aliphatic carbocycles. The van der Waals surface area contributed by atoms with Gasteiger partial charge in [-0.3, -0.25) is 4.90 Å². The maximum Gasteiger partial charge on any atom is 0.510 e. The normalized spacial score (nSPS) is 17.3. The fourth-order valence-electron chi connectivity index (χ4n) is 2.55. The number of nitrogens with zero attached hydrogens (tertiary/aromatic N) is 1.